The van der Waals surface area contributed by atoms with Crippen LogP contribution in [0.1, 0.15) is 11.1 Å². The first-order chi connectivity index (χ1) is 8.36. The first-order valence-corrected chi connectivity index (χ1v) is 5.52. The molecule has 2 aromatic carbocycles. The molecule has 2 rings (SSSR count). The highest BCUT2D eigenvalue weighted by atomic mass is 16.6. The summed E-state index contributed by atoms with van der Waals surface area (Å²) in [5.74, 6) is 0.281. The van der Waals surface area contributed by atoms with Gasteiger partial charge in [0.05, 0.1) is 6.61 Å². The highest BCUT2D eigenvalue weighted by molar-refractivity contribution is 5.31. The minimum Gasteiger partial charge on any atom is -0.508 e. The van der Waals surface area contributed by atoms with Crippen molar-refractivity contribution in [3.8, 4) is 5.75 Å². The van der Waals surface area contributed by atoms with Gasteiger partial charge in [0.15, 0.2) is 0 Å². The summed E-state index contributed by atoms with van der Waals surface area (Å²) in [6.45, 7) is 0.994. The third-order valence-electron chi connectivity index (χ3n) is 2.44. The van der Waals surface area contributed by atoms with Gasteiger partial charge in [-0.3, -0.25) is 4.84 Å². The summed E-state index contributed by atoms with van der Waals surface area (Å²) in [6.07, 6.45) is 0. The molecule has 0 saturated heterocycles. The Labute approximate surface area is 101 Å². The van der Waals surface area contributed by atoms with Crippen molar-refractivity contribution in [3.05, 3.63) is 65.7 Å². The average molecular weight is 229 g/mol. The molecular weight excluding hydrogens is 214 g/mol. The normalized spacial score (nSPS) is 10.4. The van der Waals surface area contributed by atoms with E-state index in [1.807, 2.05) is 42.5 Å². The van der Waals surface area contributed by atoms with Crippen molar-refractivity contribution in [1.82, 2.24) is 5.48 Å². The topological polar surface area (TPSA) is 41.5 Å². The molecule has 0 heterocycles. The molecule has 0 amide bonds. The quantitative estimate of drug-likeness (QED) is 0.611. The second-order valence-corrected chi connectivity index (χ2v) is 3.72. The maximum Gasteiger partial charge on any atom is 0.120 e. The van der Waals surface area contributed by atoms with E-state index in [2.05, 4.69) is 5.48 Å². The van der Waals surface area contributed by atoms with Crippen LogP contribution in [0.5, 0.6) is 5.75 Å². The molecule has 3 nitrogen and oxygen atoms in total. The molecule has 88 valence electrons. The van der Waals surface area contributed by atoms with Crippen LogP contribution >= 0.6 is 0 Å². The number of hydrogen-bond donors (Lipinski definition) is 2. The molecule has 0 fully saturated rings. The summed E-state index contributed by atoms with van der Waals surface area (Å²) in [5, 5.41) is 9.53. The number of phenols is 1. The predicted octanol–water partition coefficient (Wildman–Crippen LogP) is 2.61. The lowest BCUT2D eigenvalue weighted by molar-refractivity contribution is 0.0231. The molecule has 2 aromatic rings. The van der Waals surface area contributed by atoms with E-state index < -0.39 is 0 Å². The van der Waals surface area contributed by atoms with Crippen LogP contribution in [0.4, 0.5) is 0 Å². The zero-order valence-corrected chi connectivity index (χ0v) is 9.47. The van der Waals surface area contributed by atoms with Crippen LogP contribution in [-0.2, 0) is 18.0 Å². The van der Waals surface area contributed by atoms with Crippen molar-refractivity contribution in [3.63, 3.8) is 0 Å². The van der Waals surface area contributed by atoms with E-state index in [9.17, 15) is 5.11 Å². The van der Waals surface area contributed by atoms with Gasteiger partial charge in [0.25, 0.3) is 0 Å². The Kier molecular flexibility index (Phi) is 4.13. The third-order valence-corrected chi connectivity index (χ3v) is 2.44. The van der Waals surface area contributed by atoms with Crippen molar-refractivity contribution < 1.29 is 9.94 Å². The van der Waals surface area contributed by atoms with E-state index in [0.717, 1.165) is 11.1 Å². The molecule has 0 atom stereocenters. The van der Waals surface area contributed by atoms with Gasteiger partial charge in [0.1, 0.15) is 5.75 Å². The van der Waals surface area contributed by atoms with Gasteiger partial charge < -0.3 is 5.11 Å². The zero-order valence-electron chi connectivity index (χ0n) is 9.47. The van der Waals surface area contributed by atoms with Crippen LogP contribution < -0.4 is 5.48 Å². The second-order valence-electron chi connectivity index (χ2n) is 3.72. The molecule has 0 saturated carbocycles. The fourth-order valence-electron chi connectivity index (χ4n) is 1.50. The van der Waals surface area contributed by atoms with Gasteiger partial charge in [-0.2, -0.15) is 5.48 Å². The van der Waals surface area contributed by atoms with Gasteiger partial charge in [0, 0.05) is 12.1 Å². The maximum atomic E-state index is 9.53. The van der Waals surface area contributed by atoms with E-state index >= 15 is 0 Å². The molecule has 0 unspecified atom stereocenters. The summed E-state index contributed by atoms with van der Waals surface area (Å²) >= 11 is 0. The number of nitrogens with one attached hydrogen (secondary N) is 1. The predicted molar refractivity (Wildman–Crippen MR) is 66.2 cm³/mol. The van der Waals surface area contributed by atoms with Crippen molar-refractivity contribution in [2.75, 3.05) is 0 Å². The Hall–Kier alpha value is -1.84. The summed E-state index contributed by atoms with van der Waals surface area (Å²) in [6, 6.07) is 17.1. The average Bonchev–Trinajstić information content (AvgIpc) is 2.38. The standard InChI is InChI=1S/C14H15NO2/c16-14-9-5-4-8-13(14)10-15-17-11-12-6-2-1-3-7-12/h1-9,15-16H,10-11H2. The van der Waals surface area contributed by atoms with Crippen LogP contribution in [0.3, 0.4) is 0 Å². The molecule has 0 aromatic heterocycles. The fraction of sp³-hybridized carbons (Fsp3) is 0.143. The van der Waals surface area contributed by atoms with Gasteiger partial charge in [0.2, 0.25) is 0 Å². The Bertz CT molecular complexity index is 457. The SMILES string of the molecule is Oc1ccccc1CNOCc1ccccc1. The lowest BCUT2D eigenvalue weighted by Gasteiger charge is -2.07. The monoisotopic (exact) mass is 229 g/mol. The van der Waals surface area contributed by atoms with Crippen LogP contribution in [-0.4, -0.2) is 5.11 Å². The van der Waals surface area contributed by atoms with E-state index in [4.69, 9.17) is 4.84 Å². The van der Waals surface area contributed by atoms with Crippen LogP contribution in [0.2, 0.25) is 0 Å². The lowest BCUT2D eigenvalue weighted by Crippen LogP contribution is -2.13. The Morgan fingerprint density at radius 1 is 0.941 bits per heavy atom. The van der Waals surface area contributed by atoms with E-state index in [1.54, 1.807) is 12.1 Å². The van der Waals surface area contributed by atoms with Crippen molar-refractivity contribution in [2.45, 2.75) is 13.2 Å². The second kappa shape index (κ2) is 6.03. The molecule has 0 aliphatic carbocycles. The van der Waals surface area contributed by atoms with Crippen LogP contribution in [0.15, 0.2) is 54.6 Å². The van der Waals surface area contributed by atoms with Crippen molar-refractivity contribution in [2.24, 2.45) is 0 Å². The number of hydrogen-bond acceptors (Lipinski definition) is 3. The van der Waals surface area contributed by atoms with E-state index in [0.29, 0.717) is 13.2 Å². The summed E-state index contributed by atoms with van der Waals surface area (Å²) < 4.78 is 0. The maximum absolute atomic E-state index is 9.53. The smallest absolute Gasteiger partial charge is 0.120 e. The summed E-state index contributed by atoms with van der Waals surface area (Å²) in [7, 11) is 0. The number of aromatic hydroxyl groups is 1. The highest BCUT2D eigenvalue weighted by Gasteiger charge is 1.98. The first kappa shape index (κ1) is 11.6. The lowest BCUT2D eigenvalue weighted by atomic mass is 10.2. The molecule has 3 heteroatoms. The van der Waals surface area contributed by atoms with E-state index in [-0.39, 0.29) is 5.75 Å². The molecule has 0 radical (unpaired) electrons. The van der Waals surface area contributed by atoms with Crippen molar-refractivity contribution >= 4 is 0 Å². The molecule has 0 aliphatic rings. The highest BCUT2D eigenvalue weighted by Crippen LogP contribution is 2.14. The number of phenolic OH excluding ortho intramolecular Hbond substituents is 1. The molecule has 0 aliphatic heterocycles. The third kappa shape index (κ3) is 3.59. The Morgan fingerprint density at radius 2 is 1.65 bits per heavy atom. The van der Waals surface area contributed by atoms with Gasteiger partial charge in [-0.25, -0.2) is 0 Å². The van der Waals surface area contributed by atoms with Gasteiger partial charge in [-0.1, -0.05) is 48.5 Å². The molecule has 0 bridgehead atoms. The molecule has 0 spiro atoms. The number of benzene rings is 2. The van der Waals surface area contributed by atoms with Crippen LogP contribution in [0.25, 0.3) is 0 Å². The largest absolute Gasteiger partial charge is 0.508 e. The number of para-hydroxylation sites is 1. The van der Waals surface area contributed by atoms with Crippen LogP contribution in [0, 0.1) is 0 Å². The Morgan fingerprint density at radius 3 is 2.41 bits per heavy atom. The minimum absolute atomic E-state index is 0.281. The number of hydroxylamine groups is 1. The minimum atomic E-state index is 0.281. The molecular formula is C14H15NO2. The van der Waals surface area contributed by atoms with E-state index in [1.165, 1.54) is 0 Å². The molecule has 2 N–H and O–H groups in total. The fourth-order valence-corrected chi connectivity index (χ4v) is 1.50. The summed E-state index contributed by atoms with van der Waals surface area (Å²) in [4.78, 5) is 5.32. The molecule has 17 heavy (non-hydrogen) atoms. The zero-order chi connectivity index (χ0) is 11.9. The first-order valence-electron chi connectivity index (χ1n) is 5.52. The Balaban J connectivity index is 1.76. The van der Waals surface area contributed by atoms with Crippen molar-refractivity contribution in [1.29, 1.82) is 0 Å². The summed E-state index contributed by atoms with van der Waals surface area (Å²) in [5.41, 5.74) is 4.76. The number of rotatable bonds is 5. The van der Waals surface area contributed by atoms with Gasteiger partial charge in [-0.05, 0) is 11.6 Å². The van der Waals surface area contributed by atoms with Gasteiger partial charge in [-0.15, -0.1) is 0 Å². The van der Waals surface area contributed by atoms with Gasteiger partial charge >= 0.3 is 0 Å².